The van der Waals surface area contributed by atoms with E-state index in [1.54, 1.807) is 18.2 Å². The summed E-state index contributed by atoms with van der Waals surface area (Å²) in [6.07, 6.45) is 9.78. The lowest BCUT2D eigenvalue weighted by Gasteiger charge is -2.41. The van der Waals surface area contributed by atoms with Gasteiger partial charge >= 0.3 is 0 Å². The van der Waals surface area contributed by atoms with Gasteiger partial charge in [-0.3, -0.25) is 4.79 Å². The molecule has 242 valence electrons. The molecule has 42 heavy (non-hydrogen) atoms. The van der Waals surface area contributed by atoms with Crippen molar-refractivity contribution in [3.63, 3.8) is 0 Å². The van der Waals surface area contributed by atoms with Crippen LogP contribution < -0.4 is 5.32 Å². The Kier molecular flexibility index (Phi) is 19.0. The summed E-state index contributed by atoms with van der Waals surface area (Å²) < 4.78 is 17.6. The number of aliphatic hydroxyl groups excluding tert-OH is 4. The van der Waals surface area contributed by atoms with Gasteiger partial charge in [0.15, 0.2) is 6.29 Å². The first kappa shape index (κ1) is 37.1. The number of unbranched alkanes of at least 4 members (excludes halogenated alkanes) is 12. The van der Waals surface area contributed by atoms with Crippen molar-refractivity contribution in [3.05, 3.63) is 34.3 Å². The number of aliphatic hydroxyl groups is 4. The molecular weight excluding hydrogens is 606 g/mol. The van der Waals surface area contributed by atoms with Crippen molar-refractivity contribution < 1.29 is 39.4 Å². The molecule has 0 aromatic heterocycles. The summed E-state index contributed by atoms with van der Waals surface area (Å²) in [5, 5.41) is 44.1. The number of nitrogens with one attached hydrogen (secondary N) is 1. The minimum Gasteiger partial charge on any atom is -0.394 e. The second-order valence-electron chi connectivity index (χ2n) is 11.4. The molecule has 0 radical (unpaired) electrons. The summed E-state index contributed by atoms with van der Waals surface area (Å²) in [4.78, 5) is 13.0. The van der Waals surface area contributed by atoms with Gasteiger partial charge in [0.2, 0.25) is 0 Å². The Bertz CT molecular complexity index is 862. The van der Waals surface area contributed by atoms with Gasteiger partial charge in [-0.05, 0) is 24.6 Å². The van der Waals surface area contributed by atoms with Crippen LogP contribution in [0.5, 0.6) is 0 Å². The third-order valence-corrected chi connectivity index (χ3v) is 8.50. The normalized spacial score (nSPS) is 23.9. The van der Waals surface area contributed by atoms with Crippen LogP contribution in [0.1, 0.15) is 107 Å². The lowest BCUT2D eigenvalue weighted by molar-refractivity contribution is -0.307. The average molecular weight is 661 g/mol. The van der Waals surface area contributed by atoms with Gasteiger partial charge in [-0.15, -0.1) is 0 Å². The van der Waals surface area contributed by atoms with Crippen molar-refractivity contribution in [1.82, 2.24) is 5.32 Å². The summed E-state index contributed by atoms with van der Waals surface area (Å²) in [7, 11) is 1.36. The summed E-state index contributed by atoms with van der Waals surface area (Å²) in [6, 6.07) is 6.21. The number of hydrogen-bond acceptors (Lipinski definition) is 8. The molecule has 0 bridgehead atoms. The van der Waals surface area contributed by atoms with Crippen LogP contribution in [0.3, 0.4) is 0 Å². The molecule has 10 heteroatoms. The smallest absolute Gasteiger partial charge is 0.251 e. The minimum absolute atomic E-state index is 0.120. The highest BCUT2D eigenvalue weighted by molar-refractivity contribution is 9.10. The maximum absolute atomic E-state index is 13.0. The standard InChI is InChI=1S/C32H54BrNO8/c1-3-4-5-6-7-8-9-10-11-12-13-14-15-19-26(36)25(34-31(39)23-17-16-18-24(33)20-23)22-41-32-30(40-2)29(38)28(37)27(21-35)42-32/h16-18,20,25-30,32,35-38H,3-15,19,21-22H2,1-2H3,(H,34,39)/t25-,26?,27?,28?,29?,30?,32?/m0/s1. The minimum atomic E-state index is -1.34. The molecule has 0 saturated carbocycles. The third-order valence-electron chi connectivity index (χ3n) is 8.01. The van der Waals surface area contributed by atoms with Gasteiger partial charge in [-0.1, -0.05) is 112 Å². The summed E-state index contributed by atoms with van der Waals surface area (Å²) in [5.74, 6) is -0.356. The number of amides is 1. The van der Waals surface area contributed by atoms with Gasteiger partial charge in [0, 0.05) is 17.1 Å². The van der Waals surface area contributed by atoms with Gasteiger partial charge in [-0.2, -0.15) is 0 Å². The molecule has 5 N–H and O–H groups in total. The van der Waals surface area contributed by atoms with E-state index in [1.165, 1.54) is 71.3 Å². The molecule has 2 rings (SSSR count). The number of carbonyl (C=O) groups excluding carboxylic acids is 1. The van der Waals surface area contributed by atoms with Crippen LogP contribution in [0, 0.1) is 0 Å². The zero-order valence-electron chi connectivity index (χ0n) is 25.5. The van der Waals surface area contributed by atoms with Gasteiger partial charge in [0.1, 0.15) is 24.4 Å². The first-order valence-corrected chi connectivity index (χ1v) is 16.6. The predicted octanol–water partition coefficient (Wildman–Crippen LogP) is 4.86. The Morgan fingerprint density at radius 3 is 2.12 bits per heavy atom. The number of carbonyl (C=O) groups is 1. The monoisotopic (exact) mass is 659 g/mol. The number of rotatable bonds is 22. The first-order chi connectivity index (χ1) is 20.3. The second-order valence-corrected chi connectivity index (χ2v) is 12.3. The largest absolute Gasteiger partial charge is 0.394 e. The molecule has 1 heterocycles. The van der Waals surface area contributed by atoms with Crippen molar-refractivity contribution in [1.29, 1.82) is 0 Å². The lowest BCUT2D eigenvalue weighted by Crippen LogP contribution is -2.60. The van der Waals surface area contributed by atoms with Crippen LogP contribution in [-0.4, -0.2) is 89.5 Å². The van der Waals surface area contributed by atoms with Crippen LogP contribution in [0.15, 0.2) is 28.7 Å². The molecule has 1 aliphatic rings. The molecule has 1 aromatic rings. The van der Waals surface area contributed by atoms with E-state index in [1.807, 2.05) is 6.07 Å². The van der Waals surface area contributed by atoms with Gasteiger partial charge in [-0.25, -0.2) is 0 Å². The Morgan fingerprint density at radius 1 is 0.976 bits per heavy atom. The van der Waals surface area contributed by atoms with E-state index in [4.69, 9.17) is 14.2 Å². The van der Waals surface area contributed by atoms with E-state index in [-0.39, 0.29) is 12.5 Å². The maximum Gasteiger partial charge on any atom is 0.251 e. The number of hydrogen-bond donors (Lipinski definition) is 5. The molecule has 0 spiro atoms. The fraction of sp³-hybridized carbons (Fsp3) is 0.781. The second kappa shape index (κ2) is 21.6. The Hall–Kier alpha value is -1.11. The van der Waals surface area contributed by atoms with E-state index >= 15 is 0 Å². The summed E-state index contributed by atoms with van der Waals surface area (Å²) >= 11 is 3.38. The highest BCUT2D eigenvalue weighted by atomic mass is 79.9. The van der Waals surface area contributed by atoms with Crippen LogP contribution in [0.2, 0.25) is 0 Å². The highest BCUT2D eigenvalue weighted by Crippen LogP contribution is 2.25. The van der Waals surface area contributed by atoms with Gasteiger partial charge in [0.25, 0.3) is 5.91 Å². The van der Waals surface area contributed by atoms with E-state index < -0.39 is 49.5 Å². The maximum atomic E-state index is 13.0. The van der Waals surface area contributed by atoms with E-state index in [0.29, 0.717) is 12.0 Å². The lowest BCUT2D eigenvalue weighted by atomic mass is 9.99. The fourth-order valence-corrected chi connectivity index (χ4v) is 5.74. The fourth-order valence-electron chi connectivity index (χ4n) is 5.34. The van der Waals surface area contributed by atoms with Gasteiger partial charge < -0.3 is 40.0 Å². The van der Waals surface area contributed by atoms with E-state index in [9.17, 15) is 25.2 Å². The summed E-state index contributed by atoms with van der Waals surface area (Å²) in [5.41, 5.74) is 0.435. The topological polar surface area (TPSA) is 138 Å². The summed E-state index contributed by atoms with van der Waals surface area (Å²) in [6.45, 7) is 1.61. The van der Waals surface area contributed by atoms with Crippen molar-refractivity contribution in [3.8, 4) is 0 Å². The molecule has 1 saturated heterocycles. The number of ether oxygens (including phenoxy) is 3. The molecule has 1 aromatic carbocycles. The zero-order valence-corrected chi connectivity index (χ0v) is 27.1. The highest BCUT2D eigenvalue weighted by Gasteiger charge is 2.45. The SMILES string of the molecule is CCCCCCCCCCCCCCCC(O)[C@H](COC1OC(CO)C(O)C(O)C1OC)NC(=O)c1cccc(Br)c1. The van der Waals surface area contributed by atoms with Crippen LogP contribution in [0.4, 0.5) is 0 Å². The van der Waals surface area contributed by atoms with Crippen molar-refractivity contribution in [2.45, 2.75) is 140 Å². The molecular formula is C32H54BrNO8. The van der Waals surface area contributed by atoms with Crippen molar-refractivity contribution in [2.24, 2.45) is 0 Å². The van der Waals surface area contributed by atoms with E-state index in [2.05, 4.69) is 28.2 Å². The molecule has 7 atom stereocenters. The van der Waals surface area contributed by atoms with Crippen molar-refractivity contribution in [2.75, 3.05) is 20.3 Å². The number of benzene rings is 1. The number of halogens is 1. The molecule has 1 fully saturated rings. The Labute approximate surface area is 260 Å². The quantitative estimate of drug-likeness (QED) is 0.111. The predicted molar refractivity (Wildman–Crippen MR) is 166 cm³/mol. The first-order valence-electron chi connectivity index (χ1n) is 15.8. The Balaban J connectivity index is 1.84. The third kappa shape index (κ3) is 13.3. The van der Waals surface area contributed by atoms with Crippen molar-refractivity contribution >= 4 is 21.8 Å². The molecule has 1 amide bonds. The zero-order chi connectivity index (χ0) is 30.7. The van der Waals surface area contributed by atoms with Crippen LogP contribution in [-0.2, 0) is 14.2 Å². The van der Waals surface area contributed by atoms with Crippen LogP contribution >= 0.6 is 15.9 Å². The van der Waals surface area contributed by atoms with Gasteiger partial charge in [0.05, 0.1) is 25.4 Å². The molecule has 1 aliphatic heterocycles. The average Bonchev–Trinajstić information content (AvgIpc) is 2.98. The van der Waals surface area contributed by atoms with E-state index in [0.717, 1.165) is 23.7 Å². The van der Waals surface area contributed by atoms with Crippen LogP contribution in [0.25, 0.3) is 0 Å². The molecule has 0 aliphatic carbocycles. The Morgan fingerprint density at radius 2 is 1.57 bits per heavy atom. The number of methoxy groups -OCH3 is 1. The molecule has 6 unspecified atom stereocenters. The molecule has 9 nitrogen and oxygen atoms in total.